The summed E-state index contributed by atoms with van der Waals surface area (Å²) in [5, 5.41) is 14.3. The van der Waals surface area contributed by atoms with E-state index >= 15 is 0 Å². The van der Waals surface area contributed by atoms with Gasteiger partial charge in [-0.1, -0.05) is 12.1 Å². The van der Waals surface area contributed by atoms with Crippen molar-refractivity contribution in [3.05, 3.63) is 47.8 Å². The lowest BCUT2D eigenvalue weighted by Crippen LogP contribution is -2.06. The molecule has 0 amide bonds. The Morgan fingerprint density at radius 2 is 2.06 bits per heavy atom. The van der Waals surface area contributed by atoms with Crippen LogP contribution in [0.2, 0.25) is 0 Å². The van der Waals surface area contributed by atoms with Gasteiger partial charge < -0.3 is 9.84 Å². The van der Waals surface area contributed by atoms with Crippen molar-refractivity contribution in [2.24, 2.45) is 7.05 Å². The fourth-order valence-electron chi connectivity index (χ4n) is 1.80. The van der Waals surface area contributed by atoms with Crippen molar-refractivity contribution < 1.29 is 9.84 Å². The number of aryl methyl sites for hydroxylation is 1. The number of ether oxygens (including phenoxy) is 1. The Hall–Kier alpha value is -1.81. The molecule has 4 nitrogen and oxygen atoms in total. The maximum Gasteiger partial charge on any atom is 0.120 e. The fraction of sp³-hybridized carbons (Fsp3) is 0.357. The summed E-state index contributed by atoms with van der Waals surface area (Å²) in [6.07, 6.45) is 2.92. The van der Waals surface area contributed by atoms with Gasteiger partial charge in [0, 0.05) is 18.8 Å². The Morgan fingerprint density at radius 1 is 1.28 bits per heavy atom. The molecule has 96 valence electrons. The van der Waals surface area contributed by atoms with Gasteiger partial charge in [-0.15, -0.1) is 0 Å². The van der Waals surface area contributed by atoms with E-state index in [1.54, 1.807) is 17.1 Å². The third-order valence-electron chi connectivity index (χ3n) is 2.59. The van der Waals surface area contributed by atoms with Gasteiger partial charge in [0.25, 0.3) is 0 Å². The second kappa shape index (κ2) is 5.23. The quantitative estimate of drug-likeness (QED) is 0.900. The number of aromatic nitrogens is 2. The van der Waals surface area contributed by atoms with Gasteiger partial charge in [0.05, 0.1) is 12.3 Å². The van der Waals surface area contributed by atoms with Crippen molar-refractivity contribution in [3.8, 4) is 5.75 Å². The minimum absolute atomic E-state index is 0.121. The van der Waals surface area contributed by atoms with Gasteiger partial charge >= 0.3 is 0 Å². The molecular weight excluding hydrogens is 228 g/mol. The number of hydrogen-bond acceptors (Lipinski definition) is 3. The van der Waals surface area contributed by atoms with Crippen LogP contribution in [0.4, 0.5) is 0 Å². The smallest absolute Gasteiger partial charge is 0.120 e. The first-order valence-electron chi connectivity index (χ1n) is 5.99. The number of rotatable bonds is 4. The lowest BCUT2D eigenvalue weighted by atomic mass is 10.0. The van der Waals surface area contributed by atoms with Crippen LogP contribution in [0.1, 0.15) is 31.1 Å². The highest BCUT2D eigenvalue weighted by Crippen LogP contribution is 2.25. The minimum atomic E-state index is -0.672. The van der Waals surface area contributed by atoms with Crippen LogP contribution in [0, 0.1) is 0 Å². The van der Waals surface area contributed by atoms with E-state index in [0.717, 1.165) is 16.9 Å². The molecular formula is C14H18N2O2. The van der Waals surface area contributed by atoms with E-state index in [9.17, 15) is 5.11 Å². The van der Waals surface area contributed by atoms with Crippen molar-refractivity contribution in [2.45, 2.75) is 26.1 Å². The predicted octanol–water partition coefficient (Wildman–Crippen LogP) is 2.29. The number of aliphatic hydroxyl groups is 1. The summed E-state index contributed by atoms with van der Waals surface area (Å²) >= 11 is 0. The van der Waals surface area contributed by atoms with Gasteiger partial charge in [0.15, 0.2) is 0 Å². The molecule has 1 atom stereocenters. The summed E-state index contributed by atoms with van der Waals surface area (Å²) in [4.78, 5) is 0. The van der Waals surface area contributed by atoms with Gasteiger partial charge in [-0.25, -0.2) is 0 Å². The molecule has 1 N–H and O–H groups in total. The highest BCUT2D eigenvalue weighted by atomic mass is 16.5. The summed E-state index contributed by atoms with van der Waals surface area (Å²) in [6, 6.07) is 7.51. The van der Waals surface area contributed by atoms with Crippen molar-refractivity contribution in [3.63, 3.8) is 0 Å². The molecule has 0 radical (unpaired) electrons. The maximum atomic E-state index is 10.3. The molecule has 0 aliphatic heterocycles. The Labute approximate surface area is 107 Å². The normalized spacial score (nSPS) is 12.7. The fourth-order valence-corrected chi connectivity index (χ4v) is 1.80. The molecule has 0 fully saturated rings. The van der Waals surface area contributed by atoms with E-state index in [-0.39, 0.29) is 6.10 Å². The second-order valence-electron chi connectivity index (χ2n) is 4.59. The van der Waals surface area contributed by atoms with E-state index in [4.69, 9.17) is 4.74 Å². The predicted molar refractivity (Wildman–Crippen MR) is 69.5 cm³/mol. The summed E-state index contributed by atoms with van der Waals surface area (Å²) in [7, 11) is 1.83. The van der Waals surface area contributed by atoms with Crippen LogP contribution in [-0.2, 0) is 7.05 Å². The monoisotopic (exact) mass is 246 g/mol. The van der Waals surface area contributed by atoms with E-state index in [1.807, 2.05) is 45.2 Å². The SMILES string of the molecule is CC(C)Oc1cccc(C(O)c2cnn(C)c2)c1. The molecule has 0 saturated carbocycles. The minimum Gasteiger partial charge on any atom is -0.491 e. The molecule has 1 unspecified atom stereocenters. The highest BCUT2D eigenvalue weighted by Gasteiger charge is 2.13. The highest BCUT2D eigenvalue weighted by molar-refractivity contribution is 5.34. The van der Waals surface area contributed by atoms with Crippen LogP contribution in [0.3, 0.4) is 0 Å². The zero-order valence-corrected chi connectivity index (χ0v) is 10.9. The summed E-state index contributed by atoms with van der Waals surface area (Å²) in [5.74, 6) is 0.769. The van der Waals surface area contributed by atoms with Gasteiger partial charge in [-0.05, 0) is 31.5 Å². The van der Waals surface area contributed by atoms with Gasteiger partial charge in [-0.2, -0.15) is 5.10 Å². The van der Waals surface area contributed by atoms with E-state index in [2.05, 4.69) is 5.10 Å². The molecule has 1 aromatic carbocycles. The molecule has 2 rings (SSSR count). The van der Waals surface area contributed by atoms with Crippen LogP contribution in [0.15, 0.2) is 36.7 Å². The first-order chi connectivity index (χ1) is 8.56. The van der Waals surface area contributed by atoms with E-state index in [0.29, 0.717) is 0 Å². The van der Waals surface area contributed by atoms with Gasteiger partial charge in [-0.3, -0.25) is 4.68 Å². The zero-order chi connectivity index (χ0) is 13.1. The van der Waals surface area contributed by atoms with Crippen LogP contribution >= 0.6 is 0 Å². The Kier molecular flexibility index (Phi) is 3.67. The van der Waals surface area contributed by atoms with Crippen LogP contribution < -0.4 is 4.74 Å². The standard InChI is InChI=1S/C14H18N2O2/c1-10(2)18-13-6-4-5-11(7-13)14(17)12-8-15-16(3)9-12/h4-10,14,17H,1-3H3. The van der Waals surface area contributed by atoms with Crippen molar-refractivity contribution in [2.75, 3.05) is 0 Å². The first-order valence-corrected chi connectivity index (χ1v) is 5.99. The van der Waals surface area contributed by atoms with Crippen LogP contribution in [0.25, 0.3) is 0 Å². The summed E-state index contributed by atoms with van der Waals surface area (Å²) < 4.78 is 7.29. The molecule has 0 aliphatic carbocycles. The van der Waals surface area contributed by atoms with Crippen LogP contribution in [-0.4, -0.2) is 21.0 Å². The zero-order valence-electron chi connectivity index (χ0n) is 10.9. The lowest BCUT2D eigenvalue weighted by molar-refractivity contribution is 0.216. The second-order valence-corrected chi connectivity index (χ2v) is 4.59. The molecule has 1 heterocycles. The number of hydrogen-bond donors (Lipinski definition) is 1. The third kappa shape index (κ3) is 2.90. The molecule has 0 aliphatic rings. The molecule has 18 heavy (non-hydrogen) atoms. The number of benzene rings is 1. The summed E-state index contributed by atoms with van der Waals surface area (Å²) in [6.45, 7) is 3.95. The molecule has 4 heteroatoms. The Bertz CT molecular complexity index is 520. The van der Waals surface area contributed by atoms with Crippen LogP contribution in [0.5, 0.6) is 5.75 Å². The average molecular weight is 246 g/mol. The molecule has 0 spiro atoms. The topological polar surface area (TPSA) is 47.3 Å². The maximum absolute atomic E-state index is 10.3. The van der Waals surface area contributed by atoms with Crippen molar-refractivity contribution in [1.82, 2.24) is 9.78 Å². The lowest BCUT2D eigenvalue weighted by Gasteiger charge is -2.13. The molecule has 0 bridgehead atoms. The Morgan fingerprint density at radius 3 is 2.67 bits per heavy atom. The van der Waals surface area contributed by atoms with E-state index in [1.165, 1.54) is 0 Å². The third-order valence-corrected chi connectivity index (χ3v) is 2.59. The largest absolute Gasteiger partial charge is 0.491 e. The van der Waals surface area contributed by atoms with E-state index < -0.39 is 6.10 Å². The average Bonchev–Trinajstić information content (AvgIpc) is 2.74. The van der Waals surface area contributed by atoms with Gasteiger partial charge in [0.1, 0.15) is 11.9 Å². The first kappa shape index (κ1) is 12.6. The van der Waals surface area contributed by atoms with Crippen molar-refractivity contribution in [1.29, 1.82) is 0 Å². The van der Waals surface area contributed by atoms with Crippen molar-refractivity contribution >= 4 is 0 Å². The number of aliphatic hydroxyl groups excluding tert-OH is 1. The number of nitrogens with zero attached hydrogens (tertiary/aromatic N) is 2. The molecule has 1 aromatic heterocycles. The summed E-state index contributed by atoms with van der Waals surface area (Å²) in [5.41, 5.74) is 1.58. The Balaban J connectivity index is 2.22. The van der Waals surface area contributed by atoms with Gasteiger partial charge in [0.2, 0.25) is 0 Å². The molecule has 2 aromatic rings. The molecule has 0 saturated heterocycles.